The number of hydrogen-bond donors (Lipinski definition) is 0. The van der Waals surface area contributed by atoms with Gasteiger partial charge in [0.05, 0.1) is 24.5 Å². The molecule has 6 nitrogen and oxygen atoms in total. The molecule has 174 valence electrons. The smallest absolute Gasteiger partial charge is 0.237 e. The third-order valence-electron chi connectivity index (χ3n) is 7.48. The highest BCUT2D eigenvalue weighted by molar-refractivity contribution is 6.35. The van der Waals surface area contributed by atoms with E-state index in [-0.39, 0.29) is 17.7 Å². The first-order valence-corrected chi connectivity index (χ1v) is 11.7. The van der Waals surface area contributed by atoms with Gasteiger partial charge in [-0.3, -0.25) is 24.1 Å². The summed E-state index contributed by atoms with van der Waals surface area (Å²) < 4.78 is 6.30. The van der Waals surface area contributed by atoms with Crippen LogP contribution in [0.5, 0.6) is 0 Å². The number of aryl methyl sites for hydroxylation is 2. The lowest BCUT2D eigenvalue weighted by Crippen LogP contribution is -2.50. The standard InChI is InChI=1S/C29H23NO5/c1-16-7-11-18(12-8-16)15-30-27(33)22-23(28(30)34)29(35-24(22)19-13-9-17(2)10-14-19)25(31)20-5-3-4-6-21(20)26(29)32/h3-14,22-24H,15H2,1-2H3/t22-,23+,24+/m1/s1. The van der Waals surface area contributed by atoms with Crippen LogP contribution in [-0.2, 0) is 20.9 Å². The topological polar surface area (TPSA) is 80.8 Å². The SMILES string of the molecule is Cc1ccc(CN2C(=O)[C@@H]3[C@@H](C2=O)C2(O[C@H]3c3ccc(C)cc3)C(=O)c3ccccc3C2=O)cc1. The van der Waals surface area contributed by atoms with Gasteiger partial charge in [0, 0.05) is 11.1 Å². The van der Waals surface area contributed by atoms with Gasteiger partial charge in [0.25, 0.3) is 0 Å². The molecule has 0 radical (unpaired) electrons. The van der Waals surface area contributed by atoms with Crippen molar-refractivity contribution in [1.82, 2.24) is 4.90 Å². The molecule has 0 aromatic heterocycles. The number of hydrogen-bond acceptors (Lipinski definition) is 5. The zero-order valence-corrected chi connectivity index (χ0v) is 19.4. The summed E-state index contributed by atoms with van der Waals surface area (Å²) in [7, 11) is 0. The van der Waals surface area contributed by atoms with Crippen molar-refractivity contribution in [2.75, 3.05) is 0 Å². The molecule has 2 heterocycles. The molecule has 2 fully saturated rings. The van der Waals surface area contributed by atoms with Crippen molar-refractivity contribution in [3.8, 4) is 0 Å². The van der Waals surface area contributed by atoms with E-state index < -0.39 is 46.9 Å². The van der Waals surface area contributed by atoms with Gasteiger partial charge < -0.3 is 4.74 Å². The molecule has 6 rings (SSSR count). The van der Waals surface area contributed by atoms with Crippen LogP contribution >= 0.6 is 0 Å². The van der Waals surface area contributed by atoms with Gasteiger partial charge in [0.2, 0.25) is 29.0 Å². The number of rotatable bonds is 3. The second kappa shape index (κ2) is 7.55. The highest BCUT2D eigenvalue weighted by Crippen LogP contribution is 2.57. The lowest BCUT2D eigenvalue weighted by atomic mass is 9.77. The lowest BCUT2D eigenvalue weighted by Gasteiger charge is -2.27. The highest BCUT2D eigenvalue weighted by atomic mass is 16.5. The Bertz CT molecular complexity index is 1370. The molecule has 2 aliphatic heterocycles. The van der Waals surface area contributed by atoms with Crippen molar-refractivity contribution in [2.24, 2.45) is 11.8 Å². The molecular weight excluding hydrogens is 442 g/mol. The van der Waals surface area contributed by atoms with Gasteiger partial charge in [-0.15, -0.1) is 0 Å². The molecule has 3 atom stereocenters. The summed E-state index contributed by atoms with van der Waals surface area (Å²) in [4.78, 5) is 56.2. The molecule has 3 aromatic carbocycles. The molecule has 6 heteroatoms. The van der Waals surface area contributed by atoms with Crippen molar-refractivity contribution in [2.45, 2.75) is 32.1 Å². The summed E-state index contributed by atoms with van der Waals surface area (Å²) in [5.74, 6) is -4.21. The predicted molar refractivity (Wildman–Crippen MR) is 127 cm³/mol. The fraction of sp³-hybridized carbons (Fsp3) is 0.241. The molecule has 3 aromatic rings. The van der Waals surface area contributed by atoms with Crippen LogP contribution in [0.25, 0.3) is 0 Å². The van der Waals surface area contributed by atoms with E-state index in [0.717, 1.165) is 16.7 Å². The Morgan fingerprint density at radius 2 is 1.29 bits per heavy atom. The quantitative estimate of drug-likeness (QED) is 0.432. The molecule has 2 saturated heterocycles. The van der Waals surface area contributed by atoms with Crippen molar-refractivity contribution in [3.63, 3.8) is 0 Å². The second-order valence-electron chi connectivity index (χ2n) is 9.64. The minimum absolute atomic E-state index is 0.0803. The molecule has 35 heavy (non-hydrogen) atoms. The largest absolute Gasteiger partial charge is 0.349 e. The van der Waals surface area contributed by atoms with Crippen LogP contribution in [0.2, 0.25) is 0 Å². The summed E-state index contributed by atoms with van der Waals surface area (Å²) >= 11 is 0. The molecule has 0 saturated carbocycles. The maximum absolute atomic E-state index is 13.8. The molecular formula is C29H23NO5. The maximum atomic E-state index is 13.8. The Morgan fingerprint density at radius 1 is 0.743 bits per heavy atom. The number of Topliss-reactive ketones (excluding diaryl/α,β-unsaturated/α-hetero) is 2. The van der Waals surface area contributed by atoms with E-state index in [1.807, 2.05) is 62.4 Å². The molecule has 0 N–H and O–H groups in total. The number of imide groups is 1. The van der Waals surface area contributed by atoms with E-state index >= 15 is 0 Å². The Hall–Kier alpha value is -3.90. The Kier molecular flexibility index (Phi) is 4.66. The molecule has 1 aliphatic carbocycles. The van der Waals surface area contributed by atoms with Gasteiger partial charge >= 0.3 is 0 Å². The van der Waals surface area contributed by atoms with E-state index in [1.165, 1.54) is 4.90 Å². The number of carbonyl (C=O) groups is 4. The number of likely N-dealkylation sites (tertiary alicyclic amines) is 1. The van der Waals surface area contributed by atoms with Crippen LogP contribution in [0.3, 0.4) is 0 Å². The molecule has 2 amide bonds. The highest BCUT2D eigenvalue weighted by Gasteiger charge is 2.74. The molecule has 0 bridgehead atoms. The maximum Gasteiger partial charge on any atom is 0.237 e. The molecule has 1 spiro atoms. The fourth-order valence-corrected chi connectivity index (χ4v) is 5.67. The van der Waals surface area contributed by atoms with Crippen molar-refractivity contribution >= 4 is 23.4 Å². The van der Waals surface area contributed by atoms with E-state index in [0.29, 0.717) is 5.56 Å². The number of ketones is 2. The number of fused-ring (bicyclic) bond motifs is 3. The van der Waals surface area contributed by atoms with Crippen LogP contribution in [0.4, 0.5) is 0 Å². The average molecular weight is 466 g/mol. The van der Waals surface area contributed by atoms with Crippen molar-refractivity contribution in [3.05, 3.63) is 106 Å². The van der Waals surface area contributed by atoms with Crippen LogP contribution < -0.4 is 0 Å². The molecule has 0 unspecified atom stereocenters. The Labute approximate surface area is 202 Å². The minimum atomic E-state index is -2.03. The second-order valence-corrected chi connectivity index (χ2v) is 9.64. The monoisotopic (exact) mass is 465 g/mol. The third-order valence-corrected chi connectivity index (χ3v) is 7.48. The molecule has 3 aliphatic rings. The first-order valence-electron chi connectivity index (χ1n) is 11.7. The van der Waals surface area contributed by atoms with E-state index in [9.17, 15) is 19.2 Å². The van der Waals surface area contributed by atoms with Gasteiger partial charge in [0.1, 0.15) is 0 Å². The van der Waals surface area contributed by atoms with Crippen LogP contribution in [-0.4, -0.2) is 33.9 Å². The fourth-order valence-electron chi connectivity index (χ4n) is 5.67. The number of carbonyl (C=O) groups excluding carboxylic acids is 4. The zero-order chi connectivity index (χ0) is 24.5. The van der Waals surface area contributed by atoms with Gasteiger partial charge in [-0.2, -0.15) is 0 Å². The van der Waals surface area contributed by atoms with Crippen LogP contribution in [0.15, 0.2) is 72.8 Å². The van der Waals surface area contributed by atoms with Gasteiger partial charge in [-0.25, -0.2) is 0 Å². The van der Waals surface area contributed by atoms with E-state index in [2.05, 4.69) is 0 Å². The van der Waals surface area contributed by atoms with Crippen LogP contribution in [0.1, 0.15) is 49.1 Å². The number of benzene rings is 3. The first-order chi connectivity index (χ1) is 16.8. The van der Waals surface area contributed by atoms with Gasteiger partial charge in [-0.1, -0.05) is 83.9 Å². The third kappa shape index (κ3) is 2.93. The number of nitrogens with zero attached hydrogens (tertiary/aromatic N) is 1. The summed E-state index contributed by atoms with van der Waals surface area (Å²) in [6.07, 6.45) is -0.887. The van der Waals surface area contributed by atoms with Gasteiger partial charge in [0.15, 0.2) is 0 Å². The normalized spacial score (nSPS) is 24.4. The average Bonchev–Trinajstić information content (AvgIpc) is 3.42. The van der Waals surface area contributed by atoms with Crippen molar-refractivity contribution < 1.29 is 23.9 Å². The first kappa shape index (κ1) is 21.6. The number of amides is 2. The van der Waals surface area contributed by atoms with E-state index in [1.54, 1.807) is 24.3 Å². The zero-order valence-electron chi connectivity index (χ0n) is 19.4. The summed E-state index contributed by atoms with van der Waals surface area (Å²) in [5.41, 5.74) is 1.99. The van der Waals surface area contributed by atoms with Gasteiger partial charge in [-0.05, 0) is 25.0 Å². The lowest BCUT2D eigenvalue weighted by molar-refractivity contribution is -0.145. The minimum Gasteiger partial charge on any atom is -0.349 e. The summed E-state index contributed by atoms with van der Waals surface area (Å²) in [6.45, 7) is 3.98. The van der Waals surface area contributed by atoms with Crippen molar-refractivity contribution in [1.29, 1.82) is 0 Å². The predicted octanol–water partition coefficient (Wildman–Crippen LogP) is 3.99. The Balaban J connectivity index is 1.48. The van der Waals surface area contributed by atoms with Crippen LogP contribution in [0, 0.1) is 25.7 Å². The summed E-state index contributed by atoms with van der Waals surface area (Å²) in [5, 5.41) is 0. The Morgan fingerprint density at radius 3 is 1.86 bits per heavy atom. The van der Waals surface area contributed by atoms with E-state index in [4.69, 9.17) is 4.74 Å². The summed E-state index contributed by atoms with van der Waals surface area (Å²) in [6, 6.07) is 21.5. The number of ether oxygens (including phenoxy) is 1.